The van der Waals surface area contributed by atoms with Gasteiger partial charge < -0.3 is 14.8 Å². The Labute approximate surface area is 185 Å². The van der Waals surface area contributed by atoms with Crippen LogP contribution in [-0.2, 0) is 10.0 Å². The first-order chi connectivity index (χ1) is 14.9. The van der Waals surface area contributed by atoms with Gasteiger partial charge in [0.2, 0.25) is 10.0 Å². The normalized spacial score (nSPS) is 11.2. The maximum Gasteiger partial charge on any atom is 0.255 e. The SMILES string of the molecule is CCCCCCNS(=O)(=O)c1ccc(NC(=O)c2ccc(OCC)c(OCC)c2)cc1. The number of amides is 1. The van der Waals surface area contributed by atoms with Gasteiger partial charge in [0.1, 0.15) is 0 Å². The maximum atomic E-state index is 12.6. The Balaban J connectivity index is 2.02. The molecular formula is C23H32N2O5S. The molecule has 7 nitrogen and oxygen atoms in total. The van der Waals surface area contributed by atoms with Crippen LogP contribution < -0.4 is 19.5 Å². The highest BCUT2D eigenvalue weighted by atomic mass is 32.2. The van der Waals surface area contributed by atoms with E-state index in [-0.39, 0.29) is 10.8 Å². The fourth-order valence-electron chi connectivity index (χ4n) is 2.95. The molecule has 1 amide bonds. The lowest BCUT2D eigenvalue weighted by atomic mass is 10.2. The molecule has 0 aliphatic rings. The molecule has 0 bridgehead atoms. The van der Waals surface area contributed by atoms with Crippen LogP contribution >= 0.6 is 0 Å². The van der Waals surface area contributed by atoms with E-state index in [1.54, 1.807) is 30.3 Å². The van der Waals surface area contributed by atoms with E-state index in [9.17, 15) is 13.2 Å². The third-order valence-electron chi connectivity index (χ3n) is 4.55. The van der Waals surface area contributed by atoms with Crippen LogP contribution in [0.25, 0.3) is 0 Å². The predicted molar refractivity (Wildman–Crippen MR) is 123 cm³/mol. The molecule has 2 aromatic rings. The highest BCUT2D eigenvalue weighted by Crippen LogP contribution is 2.29. The Hall–Kier alpha value is -2.58. The first-order valence-electron chi connectivity index (χ1n) is 10.7. The summed E-state index contributed by atoms with van der Waals surface area (Å²) in [6.07, 6.45) is 4.01. The molecule has 0 saturated heterocycles. The van der Waals surface area contributed by atoms with Crippen molar-refractivity contribution >= 4 is 21.6 Å². The molecule has 0 spiro atoms. The second-order valence-electron chi connectivity index (χ2n) is 6.96. The molecule has 0 radical (unpaired) electrons. The minimum atomic E-state index is -3.56. The second-order valence-corrected chi connectivity index (χ2v) is 8.73. The minimum absolute atomic E-state index is 0.167. The van der Waals surface area contributed by atoms with E-state index in [2.05, 4.69) is 17.0 Å². The van der Waals surface area contributed by atoms with Crippen molar-refractivity contribution in [3.8, 4) is 11.5 Å². The van der Waals surface area contributed by atoms with Gasteiger partial charge in [-0.15, -0.1) is 0 Å². The van der Waals surface area contributed by atoms with E-state index >= 15 is 0 Å². The van der Waals surface area contributed by atoms with Gasteiger partial charge in [0.25, 0.3) is 5.91 Å². The van der Waals surface area contributed by atoms with E-state index in [0.29, 0.717) is 42.5 Å². The van der Waals surface area contributed by atoms with E-state index in [0.717, 1.165) is 25.7 Å². The zero-order valence-electron chi connectivity index (χ0n) is 18.4. The van der Waals surface area contributed by atoms with Crippen LogP contribution in [0.15, 0.2) is 47.4 Å². The van der Waals surface area contributed by atoms with Crippen molar-refractivity contribution in [3.05, 3.63) is 48.0 Å². The number of carbonyl (C=O) groups excluding carboxylic acids is 1. The molecule has 2 rings (SSSR count). The largest absolute Gasteiger partial charge is 0.490 e. The molecule has 2 N–H and O–H groups in total. The van der Waals surface area contributed by atoms with Crippen molar-refractivity contribution in [3.63, 3.8) is 0 Å². The topological polar surface area (TPSA) is 93.7 Å². The summed E-state index contributed by atoms with van der Waals surface area (Å²) in [5.74, 6) is 0.759. The molecule has 31 heavy (non-hydrogen) atoms. The van der Waals surface area contributed by atoms with Crippen LogP contribution in [0.2, 0.25) is 0 Å². The van der Waals surface area contributed by atoms with E-state index < -0.39 is 10.0 Å². The summed E-state index contributed by atoms with van der Waals surface area (Å²) in [4.78, 5) is 12.8. The number of hydrogen-bond acceptors (Lipinski definition) is 5. The molecular weight excluding hydrogens is 416 g/mol. The minimum Gasteiger partial charge on any atom is -0.490 e. The lowest BCUT2D eigenvalue weighted by Gasteiger charge is -2.13. The van der Waals surface area contributed by atoms with E-state index in [1.807, 2.05) is 13.8 Å². The Morgan fingerprint density at radius 2 is 1.55 bits per heavy atom. The quantitative estimate of drug-likeness (QED) is 0.437. The van der Waals surface area contributed by atoms with Gasteiger partial charge in [-0.25, -0.2) is 13.1 Å². The lowest BCUT2D eigenvalue weighted by Crippen LogP contribution is -2.24. The average Bonchev–Trinajstić information content (AvgIpc) is 2.75. The monoisotopic (exact) mass is 448 g/mol. The van der Waals surface area contributed by atoms with Crippen LogP contribution in [0, 0.1) is 0 Å². The molecule has 0 unspecified atom stereocenters. The van der Waals surface area contributed by atoms with Gasteiger partial charge >= 0.3 is 0 Å². The van der Waals surface area contributed by atoms with Gasteiger partial charge in [-0.1, -0.05) is 26.2 Å². The van der Waals surface area contributed by atoms with Crippen molar-refractivity contribution in [1.29, 1.82) is 0 Å². The predicted octanol–water partition coefficient (Wildman–Crippen LogP) is 4.59. The zero-order valence-corrected chi connectivity index (χ0v) is 19.3. The van der Waals surface area contributed by atoms with Crippen LogP contribution in [0.3, 0.4) is 0 Å². The Morgan fingerprint density at radius 1 is 0.871 bits per heavy atom. The van der Waals surface area contributed by atoms with E-state index in [4.69, 9.17) is 9.47 Å². The Morgan fingerprint density at radius 3 is 2.19 bits per heavy atom. The summed E-state index contributed by atoms with van der Waals surface area (Å²) < 4.78 is 38.4. The summed E-state index contributed by atoms with van der Waals surface area (Å²) in [5.41, 5.74) is 0.913. The standard InChI is InChI=1S/C23H32N2O5S/c1-4-7-8-9-16-24-31(27,28)20-13-11-19(12-14-20)25-23(26)18-10-15-21(29-5-2)22(17-18)30-6-3/h10-15,17,24H,4-9,16H2,1-3H3,(H,25,26). The van der Waals surface area contributed by atoms with Crippen LogP contribution in [-0.4, -0.2) is 34.1 Å². The zero-order chi connectivity index (χ0) is 22.7. The number of rotatable bonds is 13. The van der Waals surface area contributed by atoms with Crippen LogP contribution in [0.1, 0.15) is 56.8 Å². The van der Waals surface area contributed by atoms with Gasteiger partial charge in [0.15, 0.2) is 11.5 Å². The van der Waals surface area contributed by atoms with E-state index in [1.165, 1.54) is 12.1 Å². The summed E-state index contributed by atoms with van der Waals surface area (Å²) in [6.45, 7) is 7.21. The third kappa shape index (κ3) is 7.56. The molecule has 2 aromatic carbocycles. The summed E-state index contributed by atoms with van der Waals surface area (Å²) in [5, 5.41) is 2.77. The summed E-state index contributed by atoms with van der Waals surface area (Å²) in [7, 11) is -3.56. The van der Waals surface area contributed by atoms with Crippen molar-refractivity contribution in [2.24, 2.45) is 0 Å². The van der Waals surface area contributed by atoms with Crippen molar-refractivity contribution < 1.29 is 22.7 Å². The number of anilines is 1. The van der Waals surface area contributed by atoms with Gasteiger partial charge in [-0.05, 0) is 62.7 Å². The van der Waals surface area contributed by atoms with Gasteiger partial charge in [0.05, 0.1) is 18.1 Å². The molecule has 170 valence electrons. The molecule has 0 saturated carbocycles. The van der Waals surface area contributed by atoms with Gasteiger partial charge in [-0.2, -0.15) is 0 Å². The Kier molecular flexibility index (Phi) is 9.81. The van der Waals surface area contributed by atoms with Gasteiger partial charge in [0, 0.05) is 17.8 Å². The number of carbonyl (C=O) groups is 1. The number of hydrogen-bond donors (Lipinski definition) is 2. The smallest absolute Gasteiger partial charge is 0.255 e. The fourth-order valence-corrected chi connectivity index (χ4v) is 4.03. The summed E-state index contributed by atoms with van der Waals surface area (Å²) in [6, 6.07) is 11.1. The molecule has 0 aliphatic carbocycles. The number of sulfonamides is 1. The average molecular weight is 449 g/mol. The van der Waals surface area contributed by atoms with Gasteiger partial charge in [-0.3, -0.25) is 4.79 Å². The van der Waals surface area contributed by atoms with Crippen LogP contribution in [0.4, 0.5) is 5.69 Å². The maximum absolute atomic E-state index is 12.6. The Bertz CT molecular complexity index is 943. The molecule has 0 heterocycles. The number of ether oxygens (including phenoxy) is 2. The van der Waals surface area contributed by atoms with Crippen molar-refractivity contribution in [2.45, 2.75) is 51.3 Å². The highest BCUT2D eigenvalue weighted by molar-refractivity contribution is 7.89. The second kappa shape index (κ2) is 12.3. The third-order valence-corrected chi connectivity index (χ3v) is 6.03. The molecule has 8 heteroatoms. The molecule has 0 fully saturated rings. The van der Waals surface area contributed by atoms with Crippen LogP contribution in [0.5, 0.6) is 11.5 Å². The fraction of sp³-hybridized carbons (Fsp3) is 0.435. The molecule has 0 atom stereocenters. The highest BCUT2D eigenvalue weighted by Gasteiger charge is 2.15. The first-order valence-corrected chi connectivity index (χ1v) is 12.2. The molecule has 0 aliphatic heterocycles. The number of benzene rings is 2. The molecule has 0 aromatic heterocycles. The number of nitrogens with one attached hydrogen (secondary N) is 2. The summed E-state index contributed by atoms with van der Waals surface area (Å²) >= 11 is 0. The van der Waals surface area contributed by atoms with Crippen molar-refractivity contribution in [2.75, 3.05) is 25.1 Å². The van der Waals surface area contributed by atoms with Crippen molar-refractivity contribution in [1.82, 2.24) is 4.72 Å². The number of unbranched alkanes of at least 4 members (excludes halogenated alkanes) is 3. The first kappa shape index (κ1) is 24.7. The lowest BCUT2D eigenvalue weighted by molar-refractivity contribution is 0.102.